The molecule has 1 fully saturated rings. The van der Waals surface area contributed by atoms with Gasteiger partial charge in [-0.3, -0.25) is 9.80 Å². The maximum atomic E-state index is 15.0. The van der Waals surface area contributed by atoms with E-state index in [1.165, 1.54) is 11.8 Å². The molecule has 4 unspecified atom stereocenters. The maximum absolute atomic E-state index is 15.0. The van der Waals surface area contributed by atoms with Gasteiger partial charge in [-0.05, 0) is 84.6 Å². The van der Waals surface area contributed by atoms with Crippen molar-refractivity contribution in [3.8, 4) is 11.8 Å². The molecule has 2 aliphatic rings. The summed E-state index contributed by atoms with van der Waals surface area (Å²) in [6.45, 7) is 4.08. The summed E-state index contributed by atoms with van der Waals surface area (Å²) in [7, 11) is 0. The summed E-state index contributed by atoms with van der Waals surface area (Å²) in [6, 6.07) is 3.03. The topological polar surface area (TPSA) is 57.6 Å². The zero-order valence-corrected chi connectivity index (χ0v) is 25.9. The van der Waals surface area contributed by atoms with Gasteiger partial charge >= 0.3 is 6.18 Å². The number of hydrogen-bond donors (Lipinski definition) is 1. The van der Waals surface area contributed by atoms with Gasteiger partial charge in [0.25, 0.3) is 5.92 Å². The van der Waals surface area contributed by atoms with Crippen LogP contribution >= 0.6 is 27.7 Å². The third kappa shape index (κ3) is 7.48. The number of halogens is 8. The van der Waals surface area contributed by atoms with E-state index in [0.717, 1.165) is 19.1 Å². The minimum absolute atomic E-state index is 0.145. The Balaban J connectivity index is 1.67. The lowest BCUT2D eigenvalue weighted by Gasteiger charge is -2.30. The summed E-state index contributed by atoms with van der Waals surface area (Å²) in [5.74, 6) is -3.08. The number of nitrogens with one attached hydrogen (secondary N) is 1. The fourth-order valence-corrected chi connectivity index (χ4v) is 5.82. The zero-order valence-electron chi connectivity index (χ0n) is 23.5. The van der Waals surface area contributed by atoms with E-state index in [4.69, 9.17) is 0 Å². The van der Waals surface area contributed by atoms with Gasteiger partial charge < -0.3 is 5.32 Å². The highest BCUT2D eigenvalue weighted by molar-refractivity contribution is 9.10. The van der Waals surface area contributed by atoms with Crippen molar-refractivity contribution in [1.29, 1.82) is 0 Å². The highest BCUT2D eigenvalue weighted by Crippen LogP contribution is 2.51. The predicted molar refractivity (Wildman–Crippen MR) is 154 cm³/mol. The van der Waals surface area contributed by atoms with Crippen LogP contribution in [0.15, 0.2) is 39.9 Å². The van der Waals surface area contributed by atoms with E-state index in [9.17, 15) is 26.7 Å². The number of pyridine rings is 1. The lowest BCUT2D eigenvalue weighted by atomic mass is 9.97. The third-order valence-corrected chi connectivity index (χ3v) is 9.24. The number of fused-ring (bicyclic) bond motifs is 1. The summed E-state index contributed by atoms with van der Waals surface area (Å²) >= 11 is 4.89. The van der Waals surface area contributed by atoms with Crippen LogP contribution in [-0.2, 0) is 11.2 Å². The zero-order chi connectivity index (χ0) is 31.9. The average Bonchev–Trinajstić information content (AvgIpc) is 3.36. The van der Waals surface area contributed by atoms with Gasteiger partial charge in [0.05, 0.1) is 16.5 Å². The van der Waals surface area contributed by atoms with Gasteiger partial charge in [0.15, 0.2) is 0 Å². The molecule has 5 nitrogen and oxygen atoms in total. The van der Waals surface area contributed by atoms with Crippen molar-refractivity contribution in [3.05, 3.63) is 63.4 Å². The molecule has 0 bridgehead atoms. The van der Waals surface area contributed by atoms with E-state index < -0.39 is 77.0 Å². The lowest BCUT2D eigenvalue weighted by molar-refractivity contribution is -0.127. The normalized spacial score (nSPS) is 22.0. The first-order valence-electron chi connectivity index (χ1n) is 13.2. The Morgan fingerprint density at radius 3 is 2.47 bits per heavy atom. The van der Waals surface area contributed by atoms with Crippen LogP contribution in [0.25, 0.3) is 0 Å². The summed E-state index contributed by atoms with van der Waals surface area (Å²) < 4.78 is 99.1. The summed E-state index contributed by atoms with van der Waals surface area (Å²) in [5.41, 5.74) is -0.659. The van der Waals surface area contributed by atoms with Crippen molar-refractivity contribution < 1.29 is 35.5 Å². The van der Waals surface area contributed by atoms with E-state index in [0.29, 0.717) is 21.2 Å². The van der Waals surface area contributed by atoms with Gasteiger partial charge in [0, 0.05) is 22.4 Å². The lowest BCUT2D eigenvalue weighted by Crippen LogP contribution is -2.48. The molecule has 0 saturated heterocycles. The molecule has 1 aromatic heterocycles. The standard InChI is InChI=1S/C29H28BrF7N4OS/c1-15-9-20-25(29(35,36)37)40-41(26(20)28(15,33)34)14-23(42)39-22(12-16-10-17(31)13-18(32)11-16)24-21(30)6-5-19(38-24)7-8-27(2,3)43-4/h5-6,10-11,13,15,20,22,26H,9,12,14H2,1-4H3,(H,39,42). The number of rotatable bonds is 7. The van der Waals surface area contributed by atoms with E-state index in [-0.39, 0.29) is 17.7 Å². The maximum Gasteiger partial charge on any atom is 0.431 e. The number of benzene rings is 1. The van der Waals surface area contributed by atoms with Gasteiger partial charge in [-0.25, -0.2) is 22.5 Å². The number of aromatic nitrogens is 1. The van der Waals surface area contributed by atoms with Crippen LogP contribution < -0.4 is 5.32 Å². The van der Waals surface area contributed by atoms with Crippen molar-refractivity contribution in [1.82, 2.24) is 15.3 Å². The number of amides is 1. The number of nitrogens with zero attached hydrogens (tertiary/aromatic N) is 3. The molecule has 232 valence electrons. The predicted octanol–water partition coefficient (Wildman–Crippen LogP) is 6.91. The fraction of sp³-hybridized carbons (Fsp3) is 0.483. The van der Waals surface area contributed by atoms with Crippen LogP contribution in [0.2, 0.25) is 0 Å². The summed E-state index contributed by atoms with van der Waals surface area (Å²) in [4.78, 5) is 17.8. The molecule has 43 heavy (non-hydrogen) atoms. The monoisotopic (exact) mass is 692 g/mol. The minimum Gasteiger partial charge on any atom is -0.346 e. The van der Waals surface area contributed by atoms with Crippen molar-refractivity contribution >= 4 is 39.3 Å². The molecule has 1 N–H and O–H groups in total. The number of carbonyl (C=O) groups is 1. The first kappa shape index (κ1) is 33.1. The van der Waals surface area contributed by atoms with Crippen LogP contribution in [0.1, 0.15) is 50.2 Å². The molecule has 1 aliphatic carbocycles. The van der Waals surface area contributed by atoms with Crippen molar-refractivity contribution in [2.75, 3.05) is 12.8 Å². The smallest absolute Gasteiger partial charge is 0.346 e. The first-order chi connectivity index (χ1) is 19.9. The third-order valence-electron chi connectivity index (χ3n) is 7.45. The molecular weight excluding hydrogens is 665 g/mol. The largest absolute Gasteiger partial charge is 0.431 e. The van der Waals surface area contributed by atoms with Gasteiger partial charge in [-0.15, -0.1) is 11.8 Å². The summed E-state index contributed by atoms with van der Waals surface area (Å²) in [6.07, 6.45) is -3.67. The average molecular weight is 694 g/mol. The van der Waals surface area contributed by atoms with Crippen LogP contribution in [0.3, 0.4) is 0 Å². The Hall–Kier alpha value is -2.79. The number of hydrogen-bond acceptors (Lipinski definition) is 5. The number of carbonyl (C=O) groups excluding carboxylic acids is 1. The molecule has 2 aromatic rings. The number of thioether (sulfide) groups is 1. The van der Waals surface area contributed by atoms with E-state index in [1.807, 2.05) is 20.1 Å². The molecule has 0 radical (unpaired) electrons. The number of hydrazone groups is 1. The molecule has 1 saturated carbocycles. The Morgan fingerprint density at radius 1 is 1.21 bits per heavy atom. The second-order valence-corrected chi connectivity index (χ2v) is 13.4. The minimum atomic E-state index is -4.95. The molecule has 4 atom stereocenters. The molecular formula is C29H28BrF7N4OS. The van der Waals surface area contributed by atoms with Crippen molar-refractivity contribution in [2.45, 2.75) is 62.5 Å². The number of alkyl halides is 5. The van der Waals surface area contributed by atoms with Crippen LogP contribution in [0.5, 0.6) is 0 Å². The molecule has 14 heteroatoms. The van der Waals surface area contributed by atoms with Gasteiger partial charge in [-0.2, -0.15) is 18.3 Å². The van der Waals surface area contributed by atoms with Crippen molar-refractivity contribution in [3.63, 3.8) is 0 Å². The Bertz CT molecular complexity index is 1470. The second-order valence-electron chi connectivity index (χ2n) is 11.1. The Morgan fingerprint density at radius 2 is 1.86 bits per heavy atom. The highest BCUT2D eigenvalue weighted by Gasteiger charge is 2.65. The molecule has 0 spiro atoms. The van der Waals surface area contributed by atoms with Gasteiger partial charge in [0.1, 0.15) is 35.6 Å². The molecule has 1 aromatic carbocycles. The van der Waals surface area contributed by atoms with E-state index in [2.05, 4.69) is 43.2 Å². The molecule has 1 amide bonds. The van der Waals surface area contributed by atoms with Crippen LogP contribution in [0.4, 0.5) is 30.7 Å². The van der Waals surface area contributed by atoms with E-state index in [1.54, 1.807) is 12.1 Å². The molecule has 1 aliphatic heterocycles. The fourth-order valence-electron chi connectivity index (χ4n) is 5.17. The summed E-state index contributed by atoms with van der Waals surface area (Å²) in [5, 5.41) is 6.53. The van der Waals surface area contributed by atoms with Gasteiger partial charge in [-0.1, -0.05) is 12.8 Å². The Labute approximate surface area is 257 Å². The molecule has 2 heterocycles. The second kappa shape index (κ2) is 12.3. The van der Waals surface area contributed by atoms with Gasteiger partial charge in [0.2, 0.25) is 5.91 Å². The quantitative estimate of drug-likeness (QED) is 0.253. The molecule has 4 rings (SSSR count). The highest BCUT2D eigenvalue weighted by atomic mass is 79.9. The SMILES string of the molecule is CSC(C)(C)C#Cc1ccc(Br)c(C(Cc2cc(F)cc(F)c2)NC(=O)CN2N=C(C(F)(F)F)C3CC(C)C(F)(F)C32)n1. The van der Waals surface area contributed by atoms with Crippen molar-refractivity contribution in [2.24, 2.45) is 16.9 Å². The van der Waals surface area contributed by atoms with Crippen LogP contribution in [-0.4, -0.2) is 57.3 Å². The van der Waals surface area contributed by atoms with E-state index >= 15 is 8.78 Å². The Kier molecular flexibility index (Phi) is 9.47. The first-order valence-corrected chi connectivity index (χ1v) is 15.2. The van der Waals surface area contributed by atoms with Crippen LogP contribution in [0, 0.1) is 35.3 Å².